The van der Waals surface area contributed by atoms with Crippen molar-refractivity contribution >= 4 is 28.8 Å². The normalized spacial score (nSPS) is 11.0. The van der Waals surface area contributed by atoms with Crippen molar-refractivity contribution in [2.24, 2.45) is 0 Å². The Morgan fingerprint density at radius 3 is 2.75 bits per heavy atom. The monoisotopic (exact) mass is 408 g/mol. The molecule has 0 aromatic carbocycles. The smallest absolute Gasteiger partial charge is 0.330 e. The molecule has 0 bridgehead atoms. The van der Waals surface area contributed by atoms with Crippen molar-refractivity contribution < 1.29 is 4.42 Å². The number of nitrogens with zero attached hydrogens (tertiary/aromatic N) is 3. The van der Waals surface area contributed by atoms with E-state index in [0.29, 0.717) is 24.0 Å². The van der Waals surface area contributed by atoms with Crippen LogP contribution in [0.15, 0.2) is 32.4 Å². The Bertz CT molecular complexity index is 888. The molecule has 0 fully saturated rings. The summed E-state index contributed by atoms with van der Waals surface area (Å²) >= 11 is 5.52. The maximum Gasteiger partial charge on any atom is 0.330 e. The van der Waals surface area contributed by atoms with E-state index in [1.807, 2.05) is 25.9 Å². The Balaban J connectivity index is 2.42. The van der Waals surface area contributed by atoms with Gasteiger partial charge < -0.3 is 25.3 Å². The van der Waals surface area contributed by atoms with Gasteiger partial charge in [0.05, 0.1) is 12.8 Å². The number of aromatic nitrogens is 2. The molecular weight excluding hydrogens is 380 g/mol. The van der Waals surface area contributed by atoms with E-state index in [1.165, 1.54) is 4.57 Å². The van der Waals surface area contributed by atoms with E-state index in [1.54, 1.807) is 23.3 Å². The fraction of sp³-hybridized carbons (Fsp3) is 0.500. The Morgan fingerprint density at radius 2 is 2.14 bits per heavy atom. The number of hydrogen-bond acceptors (Lipinski definition) is 6. The lowest BCUT2D eigenvalue weighted by atomic mass is 10.3. The number of nitrogens with two attached hydrogens (primary N) is 1. The maximum atomic E-state index is 12.6. The summed E-state index contributed by atoms with van der Waals surface area (Å²) in [6.45, 7) is 3.99. The van der Waals surface area contributed by atoms with Gasteiger partial charge in [-0.05, 0) is 44.9 Å². The highest BCUT2D eigenvalue weighted by atomic mass is 32.1. The molecule has 10 heteroatoms. The maximum absolute atomic E-state index is 12.6. The van der Waals surface area contributed by atoms with Crippen molar-refractivity contribution in [2.75, 3.05) is 37.8 Å². The molecule has 0 saturated carbocycles. The minimum Gasteiger partial charge on any atom is -0.467 e. The molecule has 0 spiro atoms. The van der Waals surface area contributed by atoms with E-state index in [4.69, 9.17) is 22.4 Å². The Labute approximate surface area is 169 Å². The summed E-state index contributed by atoms with van der Waals surface area (Å²) in [5, 5.41) is 3.46. The average Bonchev–Trinajstić information content (AvgIpc) is 3.13. The third kappa shape index (κ3) is 5.46. The number of rotatable bonds is 9. The van der Waals surface area contributed by atoms with Crippen LogP contribution in [-0.2, 0) is 13.1 Å². The topological polar surface area (TPSA) is 113 Å². The highest BCUT2D eigenvalue weighted by molar-refractivity contribution is 7.80. The average molecular weight is 409 g/mol. The summed E-state index contributed by atoms with van der Waals surface area (Å²) in [6, 6.07) is 3.54. The second-order valence-corrected chi connectivity index (χ2v) is 7.09. The first-order valence-corrected chi connectivity index (χ1v) is 9.61. The van der Waals surface area contributed by atoms with E-state index in [2.05, 4.69) is 10.3 Å². The lowest BCUT2D eigenvalue weighted by Crippen LogP contribution is -2.46. The second kappa shape index (κ2) is 10.1. The van der Waals surface area contributed by atoms with Gasteiger partial charge in [0.15, 0.2) is 10.8 Å². The van der Waals surface area contributed by atoms with Crippen LogP contribution in [0.3, 0.4) is 0 Å². The summed E-state index contributed by atoms with van der Waals surface area (Å²) in [5.41, 5.74) is 5.27. The van der Waals surface area contributed by atoms with Crippen LogP contribution in [0.1, 0.15) is 25.5 Å². The molecule has 2 rings (SSSR count). The quantitative estimate of drug-likeness (QED) is 0.526. The first-order valence-electron chi connectivity index (χ1n) is 9.20. The zero-order chi connectivity index (χ0) is 20.7. The zero-order valence-corrected chi connectivity index (χ0v) is 17.3. The lowest BCUT2D eigenvalue weighted by Gasteiger charge is -2.26. The Kier molecular flexibility index (Phi) is 7.82. The van der Waals surface area contributed by atoms with Crippen molar-refractivity contribution in [3.8, 4) is 0 Å². The Hall–Kier alpha value is -2.59. The van der Waals surface area contributed by atoms with Crippen LogP contribution >= 0.6 is 12.2 Å². The van der Waals surface area contributed by atoms with Crippen molar-refractivity contribution in [1.82, 2.24) is 19.8 Å². The summed E-state index contributed by atoms with van der Waals surface area (Å²) in [4.78, 5) is 30.8. The number of anilines is 2. The summed E-state index contributed by atoms with van der Waals surface area (Å²) in [6.07, 6.45) is 3.20. The summed E-state index contributed by atoms with van der Waals surface area (Å²) in [7, 11) is 3.91. The van der Waals surface area contributed by atoms with E-state index >= 15 is 0 Å². The molecule has 0 aliphatic rings. The van der Waals surface area contributed by atoms with Gasteiger partial charge in [0.25, 0.3) is 5.56 Å². The van der Waals surface area contributed by atoms with Gasteiger partial charge in [-0.25, -0.2) is 4.79 Å². The number of aromatic amines is 1. The highest BCUT2D eigenvalue weighted by Crippen LogP contribution is 2.20. The lowest BCUT2D eigenvalue weighted by molar-refractivity contribution is 0.412. The minimum absolute atomic E-state index is 0.0884. The number of likely N-dealkylation sites (N-methyl/N-ethyl adjacent to an activating group) is 1. The number of thiocarbonyl (C=S) groups is 1. The van der Waals surface area contributed by atoms with Crippen LogP contribution in [0.4, 0.5) is 11.5 Å². The zero-order valence-electron chi connectivity index (χ0n) is 16.5. The van der Waals surface area contributed by atoms with Gasteiger partial charge in [-0.1, -0.05) is 13.3 Å². The van der Waals surface area contributed by atoms with Crippen molar-refractivity contribution in [1.29, 1.82) is 0 Å². The molecule has 0 aliphatic heterocycles. The van der Waals surface area contributed by atoms with Gasteiger partial charge >= 0.3 is 5.69 Å². The molecule has 4 N–H and O–H groups in total. The predicted octanol–water partition coefficient (Wildman–Crippen LogP) is 0.955. The van der Waals surface area contributed by atoms with Crippen LogP contribution in [0.2, 0.25) is 0 Å². The second-order valence-electron chi connectivity index (χ2n) is 6.70. The summed E-state index contributed by atoms with van der Waals surface area (Å²) in [5.74, 6) is 0.701. The molecule has 0 unspecified atom stereocenters. The third-order valence-electron chi connectivity index (χ3n) is 4.19. The molecule has 9 nitrogen and oxygen atoms in total. The SMILES string of the molecule is CCCCn1c(N)c(N(Cc2ccco2)C(=S)NCCN(C)C)c(=O)[nH]c1=O. The Morgan fingerprint density at radius 1 is 1.39 bits per heavy atom. The van der Waals surface area contributed by atoms with E-state index in [9.17, 15) is 9.59 Å². The van der Waals surface area contributed by atoms with E-state index < -0.39 is 11.2 Å². The molecule has 2 aromatic heterocycles. The first kappa shape index (κ1) is 21.7. The molecule has 2 heterocycles. The third-order valence-corrected chi connectivity index (χ3v) is 4.56. The van der Waals surface area contributed by atoms with Gasteiger partial charge in [0.2, 0.25) is 0 Å². The minimum atomic E-state index is -0.585. The van der Waals surface area contributed by atoms with Gasteiger partial charge in [0, 0.05) is 19.6 Å². The van der Waals surface area contributed by atoms with Gasteiger partial charge in [-0.2, -0.15) is 0 Å². The standard InChI is InChI=1S/C18H28N6O3S/c1-4-5-9-23-15(19)14(16(25)21-17(23)26)24(12-13-7-6-11-27-13)18(28)20-8-10-22(2)3/h6-7,11H,4-5,8-10,12,19H2,1-3H3,(H,20,28)(H,21,25,26). The molecule has 0 radical (unpaired) electrons. The van der Waals surface area contributed by atoms with Gasteiger partial charge in [0.1, 0.15) is 11.6 Å². The summed E-state index contributed by atoms with van der Waals surface area (Å²) < 4.78 is 6.79. The highest BCUT2D eigenvalue weighted by Gasteiger charge is 2.23. The number of furan rings is 1. The molecule has 0 aliphatic carbocycles. The largest absolute Gasteiger partial charge is 0.467 e. The van der Waals surface area contributed by atoms with Gasteiger partial charge in [-0.15, -0.1) is 0 Å². The van der Waals surface area contributed by atoms with Crippen molar-refractivity contribution in [3.63, 3.8) is 0 Å². The number of nitrogen functional groups attached to an aromatic ring is 1. The molecule has 2 aromatic rings. The molecule has 0 saturated heterocycles. The van der Waals surface area contributed by atoms with Gasteiger partial charge in [-0.3, -0.25) is 14.3 Å². The molecule has 0 amide bonds. The molecule has 28 heavy (non-hydrogen) atoms. The predicted molar refractivity (Wildman–Crippen MR) is 115 cm³/mol. The van der Waals surface area contributed by atoms with Crippen LogP contribution in [0.25, 0.3) is 0 Å². The van der Waals surface area contributed by atoms with Crippen molar-refractivity contribution in [3.05, 3.63) is 45.0 Å². The molecule has 0 atom stereocenters. The van der Waals surface area contributed by atoms with Crippen LogP contribution in [0, 0.1) is 0 Å². The number of unbranched alkanes of at least 4 members (excludes halogenated alkanes) is 1. The first-order chi connectivity index (χ1) is 13.3. The number of hydrogen-bond donors (Lipinski definition) is 3. The fourth-order valence-corrected chi connectivity index (χ4v) is 2.93. The fourth-order valence-electron chi connectivity index (χ4n) is 2.67. The van der Waals surface area contributed by atoms with Crippen molar-refractivity contribution in [2.45, 2.75) is 32.9 Å². The number of nitrogens with one attached hydrogen (secondary N) is 2. The molecular formula is C18H28N6O3S. The van der Waals surface area contributed by atoms with Crippen LogP contribution in [0.5, 0.6) is 0 Å². The van der Waals surface area contributed by atoms with E-state index in [0.717, 1.165) is 19.4 Å². The molecule has 154 valence electrons. The van der Waals surface area contributed by atoms with Crippen LogP contribution < -0.4 is 27.2 Å². The van der Waals surface area contributed by atoms with Crippen LogP contribution in [-0.4, -0.2) is 46.7 Å². The number of H-pyrrole nitrogens is 1. The van der Waals surface area contributed by atoms with E-state index in [-0.39, 0.29) is 18.1 Å².